The van der Waals surface area contributed by atoms with Gasteiger partial charge in [-0.25, -0.2) is 0 Å². The number of hydrogen-bond donors (Lipinski definition) is 1. The van der Waals surface area contributed by atoms with Gasteiger partial charge < -0.3 is 5.32 Å². The number of nitrogens with zero attached hydrogens (tertiary/aromatic N) is 3. The minimum atomic E-state index is 0.962. The smallest absolute Gasteiger partial charge is 0.205 e. The van der Waals surface area contributed by atoms with Gasteiger partial charge in [-0.2, -0.15) is 0 Å². The third-order valence-corrected chi connectivity index (χ3v) is 4.64. The van der Waals surface area contributed by atoms with Gasteiger partial charge in [-0.05, 0) is 43.9 Å². The first kappa shape index (κ1) is 13.3. The Kier molecular flexibility index (Phi) is 4.33. The van der Waals surface area contributed by atoms with Crippen LogP contribution >= 0.6 is 11.3 Å². The summed E-state index contributed by atoms with van der Waals surface area (Å²) >= 11 is 1.72. The van der Waals surface area contributed by atoms with Crippen molar-refractivity contribution in [1.29, 1.82) is 0 Å². The molecule has 0 saturated heterocycles. The molecule has 4 nitrogen and oxygen atoms in total. The second-order valence-corrected chi connectivity index (χ2v) is 7.07. The van der Waals surface area contributed by atoms with Gasteiger partial charge in [0.2, 0.25) is 5.13 Å². The SMILES string of the molecule is CCCNc1nnc(CN(CC2CC2)CC2CC2)s1. The molecule has 1 aromatic rings. The average molecular weight is 280 g/mol. The summed E-state index contributed by atoms with van der Waals surface area (Å²) in [6, 6.07) is 0. The van der Waals surface area contributed by atoms with Crippen LogP contribution in [0.3, 0.4) is 0 Å². The van der Waals surface area contributed by atoms with E-state index in [0.29, 0.717) is 0 Å². The predicted molar refractivity (Wildman–Crippen MR) is 79.4 cm³/mol. The average Bonchev–Trinajstić information content (AvgIpc) is 3.31. The van der Waals surface area contributed by atoms with Crippen LogP contribution < -0.4 is 5.32 Å². The van der Waals surface area contributed by atoms with E-state index in [9.17, 15) is 0 Å². The topological polar surface area (TPSA) is 41.1 Å². The second kappa shape index (κ2) is 6.18. The number of nitrogens with one attached hydrogen (secondary N) is 1. The van der Waals surface area contributed by atoms with Crippen LogP contribution in [0, 0.1) is 11.8 Å². The number of anilines is 1. The van der Waals surface area contributed by atoms with Crippen molar-refractivity contribution in [2.24, 2.45) is 11.8 Å². The summed E-state index contributed by atoms with van der Waals surface area (Å²) in [5.74, 6) is 1.92. The maximum atomic E-state index is 4.33. The molecule has 19 heavy (non-hydrogen) atoms. The molecule has 2 aliphatic carbocycles. The lowest BCUT2D eigenvalue weighted by Crippen LogP contribution is -2.27. The Morgan fingerprint density at radius 1 is 1.16 bits per heavy atom. The quantitative estimate of drug-likeness (QED) is 0.755. The van der Waals surface area contributed by atoms with Crippen molar-refractivity contribution in [3.8, 4) is 0 Å². The van der Waals surface area contributed by atoms with E-state index >= 15 is 0 Å². The summed E-state index contributed by atoms with van der Waals surface area (Å²) in [5, 5.41) is 14.0. The second-order valence-electron chi connectivity index (χ2n) is 6.01. The molecule has 106 valence electrons. The van der Waals surface area contributed by atoms with E-state index in [1.807, 2.05) is 0 Å². The molecule has 2 fully saturated rings. The summed E-state index contributed by atoms with van der Waals surface area (Å²) in [6.45, 7) is 6.70. The Bertz CT molecular complexity index is 384. The maximum absolute atomic E-state index is 4.33. The third kappa shape index (κ3) is 4.42. The Labute approximate surface area is 119 Å². The highest BCUT2D eigenvalue weighted by Gasteiger charge is 2.29. The zero-order valence-electron chi connectivity index (χ0n) is 11.8. The van der Waals surface area contributed by atoms with Crippen molar-refractivity contribution in [3.05, 3.63) is 5.01 Å². The molecule has 0 aromatic carbocycles. The molecular weight excluding hydrogens is 256 g/mol. The van der Waals surface area contributed by atoms with Crippen LogP contribution in [0.4, 0.5) is 5.13 Å². The molecular formula is C14H24N4S. The summed E-state index contributed by atoms with van der Waals surface area (Å²) in [6.07, 6.45) is 6.85. The molecule has 0 spiro atoms. The largest absolute Gasteiger partial charge is 0.360 e. The fourth-order valence-electron chi connectivity index (χ4n) is 2.35. The lowest BCUT2D eigenvalue weighted by Gasteiger charge is -2.20. The Balaban J connectivity index is 1.51. The van der Waals surface area contributed by atoms with Gasteiger partial charge in [-0.15, -0.1) is 10.2 Å². The minimum absolute atomic E-state index is 0.962. The molecule has 0 bridgehead atoms. The summed E-state index contributed by atoms with van der Waals surface area (Å²) < 4.78 is 0. The van der Waals surface area contributed by atoms with Crippen LogP contribution in [0.2, 0.25) is 0 Å². The first-order valence-corrected chi connectivity index (χ1v) is 8.43. The van der Waals surface area contributed by atoms with E-state index in [0.717, 1.165) is 36.5 Å². The van der Waals surface area contributed by atoms with Crippen LogP contribution in [-0.2, 0) is 6.54 Å². The third-order valence-electron chi connectivity index (χ3n) is 3.78. The molecule has 0 atom stereocenters. The van der Waals surface area contributed by atoms with E-state index < -0.39 is 0 Å². The molecule has 1 heterocycles. The van der Waals surface area contributed by atoms with Gasteiger partial charge in [0.05, 0.1) is 6.54 Å². The van der Waals surface area contributed by atoms with Gasteiger partial charge in [-0.3, -0.25) is 4.90 Å². The fraction of sp³-hybridized carbons (Fsp3) is 0.857. The fourth-order valence-corrected chi connectivity index (χ4v) is 3.15. The van der Waals surface area contributed by atoms with E-state index in [2.05, 4.69) is 27.3 Å². The highest BCUT2D eigenvalue weighted by molar-refractivity contribution is 7.15. The Morgan fingerprint density at radius 3 is 2.42 bits per heavy atom. The lowest BCUT2D eigenvalue weighted by molar-refractivity contribution is 0.243. The van der Waals surface area contributed by atoms with Gasteiger partial charge in [0.25, 0.3) is 0 Å². The number of aromatic nitrogens is 2. The predicted octanol–water partition coefficient (Wildman–Crippen LogP) is 2.98. The van der Waals surface area contributed by atoms with E-state index in [1.54, 1.807) is 11.3 Å². The first-order valence-electron chi connectivity index (χ1n) is 7.62. The van der Waals surface area contributed by atoms with E-state index in [1.165, 1.54) is 43.8 Å². The molecule has 2 aliphatic rings. The van der Waals surface area contributed by atoms with Gasteiger partial charge >= 0.3 is 0 Å². The molecule has 0 amide bonds. The van der Waals surface area contributed by atoms with Gasteiger partial charge in [0.1, 0.15) is 5.01 Å². The van der Waals surface area contributed by atoms with Gasteiger partial charge in [0.15, 0.2) is 0 Å². The van der Waals surface area contributed by atoms with Gasteiger partial charge in [0, 0.05) is 19.6 Å². The summed E-state index contributed by atoms with van der Waals surface area (Å²) in [5.41, 5.74) is 0. The van der Waals surface area contributed by atoms with Crippen molar-refractivity contribution < 1.29 is 0 Å². The molecule has 0 aliphatic heterocycles. The molecule has 5 heteroatoms. The normalized spacial score (nSPS) is 19.1. The van der Waals surface area contributed by atoms with Crippen molar-refractivity contribution in [2.45, 2.75) is 45.6 Å². The van der Waals surface area contributed by atoms with Crippen LogP contribution in [0.1, 0.15) is 44.0 Å². The highest BCUT2D eigenvalue weighted by Crippen LogP contribution is 2.34. The minimum Gasteiger partial charge on any atom is -0.360 e. The van der Waals surface area contributed by atoms with Crippen molar-refractivity contribution in [2.75, 3.05) is 25.0 Å². The van der Waals surface area contributed by atoms with Crippen molar-refractivity contribution >= 4 is 16.5 Å². The van der Waals surface area contributed by atoms with Gasteiger partial charge in [-0.1, -0.05) is 18.3 Å². The molecule has 1 aromatic heterocycles. The number of rotatable bonds is 9. The standard InChI is InChI=1S/C14H24N4S/c1-2-7-15-14-17-16-13(19-14)10-18(8-11-3-4-11)9-12-5-6-12/h11-12H,2-10H2,1H3,(H,15,17). The lowest BCUT2D eigenvalue weighted by atomic mass is 10.3. The van der Waals surface area contributed by atoms with Crippen LogP contribution in [0.15, 0.2) is 0 Å². The number of hydrogen-bond acceptors (Lipinski definition) is 5. The Hall–Kier alpha value is -0.680. The Morgan fingerprint density at radius 2 is 1.84 bits per heavy atom. The molecule has 1 N–H and O–H groups in total. The van der Waals surface area contributed by atoms with Crippen LogP contribution in [-0.4, -0.2) is 34.7 Å². The van der Waals surface area contributed by atoms with Crippen molar-refractivity contribution in [3.63, 3.8) is 0 Å². The highest BCUT2D eigenvalue weighted by atomic mass is 32.1. The zero-order valence-corrected chi connectivity index (χ0v) is 12.6. The van der Waals surface area contributed by atoms with E-state index in [4.69, 9.17) is 0 Å². The maximum Gasteiger partial charge on any atom is 0.205 e. The van der Waals surface area contributed by atoms with E-state index in [-0.39, 0.29) is 0 Å². The first-order chi connectivity index (χ1) is 9.33. The zero-order chi connectivity index (χ0) is 13.1. The monoisotopic (exact) mass is 280 g/mol. The molecule has 0 unspecified atom stereocenters. The summed E-state index contributed by atoms with van der Waals surface area (Å²) in [4.78, 5) is 2.61. The molecule has 2 saturated carbocycles. The summed E-state index contributed by atoms with van der Waals surface area (Å²) in [7, 11) is 0. The van der Waals surface area contributed by atoms with Crippen LogP contribution in [0.5, 0.6) is 0 Å². The molecule has 0 radical (unpaired) electrons. The molecule has 3 rings (SSSR count). The van der Waals surface area contributed by atoms with Crippen LogP contribution in [0.25, 0.3) is 0 Å². The van der Waals surface area contributed by atoms with Crippen molar-refractivity contribution in [1.82, 2.24) is 15.1 Å².